The number of amides is 2. The lowest BCUT2D eigenvalue weighted by Crippen LogP contribution is -2.51. The number of sulfonamides is 1. The minimum absolute atomic E-state index is 0.0474. The lowest BCUT2D eigenvalue weighted by atomic mass is 10.1. The van der Waals surface area contributed by atoms with Crippen LogP contribution in [0.5, 0.6) is 0 Å². The number of rotatable bonds is 4. The van der Waals surface area contributed by atoms with E-state index in [2.05, 4.69) is 0 Å². The van der Waals surface area contributed by atoms with Crippen LogP contribution in [-0.2, 0) is 27.5 Å². The molecule has 2 aliphatic heterocycles. The van der Waals surface area contributed by atoms with Crippen LogP contribution < -0.4 is 0 Å². The maximum absolute atomic E-state index is 12.9. The summed E-state index contributed by atoms with van der Waals surface area (Å²) in [6, 6.07) is 10.9. The molecule has 2 aliphatic rings. The summed E-state index contributed by atoms with van der Waals surface area (Å²) in [7, 11) is -4.06. The molecule has 2 aromatic rings. The van der Waals surface area contributed by atoms with Gasteiger partial charge in [0.15, 0.2) is 0 Å². The second-order valence-electron chi connectivity index (χ2n) is 7.67. The summed E-state index contributed by atoms with van der Waals surface area (Å²) in [4.78, 5) is 28.4. The van der Waals surface area contributed by atoms with Crippen molar-refractivity contribution < 1.29 is 31.2 Å². The number of nitrogens with zero attached hydrogens (tertiary/aromatic N) is 3. The Balaban J connectivity index is 1.35. The standard InChI is InChI=1S/C21H20F3N3O4S/c22-21(23,24)16-5-3-4-15(12-16)13-25-8-10-26(11-9-25)19(28)14-27-20(29)17-6-1-2-7-18(17)32(27,30)31/h1-7,12H,8-11,13-14H2. The Labute approximate surface area is 183 Å². The number of carbonyl (C=O) groups excluding carboxylic acids is 2. The molecular weight excluding hydrogens is 447 g/mol. The summed E-state index contributed by atoms with van der Waals surface area (Å²) in [6.07, 6.45) is -4.41. The zero-order chi connectivity index (χ0) is 23.1. The van der Waals surface area contributed by atoms with Gasteiger partial charge in [-0.25, -0.2) is 12.7 Å². The molecule has 1 saturated heterocycles. The van der Waals surface area contributed by atoms with Crippen LogP contribution in [0.1, 0.15) is 21.5 Å². The minimum Gasteiger partial charge on any atom is -0.339 e. The monoisotopic (exact) mass is 467 g/mol. The normalized spacial score (nSPS) is 18.7. The van der Waals surface area contributed by atoms with Crippen molar-refractivity contribution in [2.75, 3.05) is 32.7 Å². The Bertz CT molecular complexity index is 1160. The van der Waals surface area contributed by atoms with E-state index in [1.165, 1.54) is 29.2 Å². The Morgan fingerprint density at radius 2 is 1.66 bits per heavy atom. The smallest absolute Gasteiger partial charge is 0.339 e. The van der Waals surface area contributed by atoms with Crippen molar-refractivity contribution in [1.29, 1.82) is 0 Å². The Morgan fingerprint density at radius 3 is 2.31 bits per heavy atom. The molecule has 0 aromatic heterocycles. The van der Waals surface area contributed by atoms with Gasteiger partial charge >= 0.3 is 6.18 Å². The number of hydrogen-bond acceptors (Lipinski definition) is 5. The molecule has 2 heterocycles. The van der Waals surface area contributed by atoms with Gasteiger partial charge in [0.1, 0.15) is 11.4 Å². The van der Waals surface area contributed by atoms with E-state index in [0.717, 1.165) is 12.1 Å². The Kier molecular flexibility index (Phi) is 5.72. The molecule has 0 N–H and O–H groups in total. The van der Waals surface area contributed by atoms with Gasteiger partial charge in [-0.15, -0.1) is 0 Å². The predicted molar refractivity (Wildman–Crippen MR) is 108 cm³/mol. The van der Waals surface area contributed by atoms with Crippen LogP contribution in [0.25, 0.3) is 0 Å². The summed E-state index contributed by atoms with van der Waals surface area (Å²) < 4.78 is 64.5. The van der Waals surface area contributed by atoms with Crippen molar-refractivity contribution >= 4 is 21.8 Å². The fourth-order valence-corrected chi connectivity index (χ4v) is 5.39. The number of halogens is 3. The molecule has 1 fully saturated rings. The van der Waals surface area contributed by atoms with Gasteiger partial charge in [-0.2, -0.15) is 13.2 Å². The third-order valence-electron chi connectivity index (χ3n) is 5.58. The third kappa shape index (κ3) is 4.22. The first-order chi connectivity index (χ1) is 15.1. The van der Waals surface area contributed by atoms with Crippen LogP contribution in [0.4, 0.5) is 13.2 Å². The molecule has 7 nitrogen and oxygen atoms in total. The summed E-state index contributed by atoms with van der Waals surface area (Å²) in [5.41, 5.74) is -0.140. The Morgan fingerprint density at radius 1 is 0.969 bits per heavy atom. The lowest BCUT2D eigenvalue weighted by Gasteiger charge is -2.35. The highest BCUT2D eigenvalue weighted by Gasteiger charge is 2.42. The number of hydrogen-bond donors (Lipinski definition) is 0. The van der Waals surface area contributed by atoms with Crippen molar-refractivity contribution in [3.8, 4) is 0 Å². The topological polar surface area (TPSA) is 78.0 Å². The second-order valence-corrected chi connectivity index (χ2v) is 9.50. The molecule has 0 radical (unpaired) electrons. The number of carbonyl (C=O) groups is 2. The van der Waals surface area contributed by atoms with Crippen molar-refractivity contribution in [1.82, 2.24) is 14.1 Å². The van der Waals surface area contributed by atoms with Gasteiger partial charge in [0.2, 0.25) is 5.91 Å². The molecule has 2 aromatic carbocycles. The molecule has 11 heteroatoms. The van der Waals surface area contributed by atoms with Crippen LogP contribution in [0.3, 0.4) is 0 Å². The van der Waals surface area contributed by atoms with Crippen molar-refractivity contribution in [2.45, 2.75) is 17.6 Å². The van der Waals surface area contributed by atoms with Crippen molar-refractivity contribution in [3.05, 3.63) is 65.2 Å². The van der Waals surface area contributed by atoms with E-state index < -0.39 is 40.1 Å². The van der Waals surface area contributed by atoms with Gasteiger partial charge in [0.25, 0.3) is 15.9 Å². The fraction of sp³-hybridized carbons (Fsp3) is 0.333. The van der Waals surface area contributed by atoms with E-state index in [-0.39, 0.29) is 23.5 Å². The average molecular weight is 467 g/mol. The highest BCUT2D eigenvalue weighted by molar-refractivity contribution is 7.90. The molecule has 0 unspecified atom stereocenters. The maximum Gasteiger partial charge on any atom is 0.416 e. The highest BCUT2D eigenvalue weighted by Crippen LogP contribution is 2.31. The molecule has 2 amide bonds. The van der Waals surface area contributed by atoms with E-state index in [1.807, 2.05) is 4.90 Å². The molecule has 0 bridgehead atoms. The van der Waals surface area contributed by atoms with Gasteiger partial charge in [-0.1, -0.05) is 30.3 Å². The highest BCUT2D eigenvalue weighted by atomic mass is 32.2. The van der Waals surface area contributed by atoms with E-state index in [1.54, 1.807) is 12.1 Å². The van der Waals surface area contributed by atoms with Crippen LogP contribution >= 0.6 is 0 Å². The summed E-state index contributed by atoms with van der Waals surface area (Å²) in [6.45, 7) is 1.13. The molecule has 32 heavy (non-hydrogen) atoms. The fourth-order valence-electron chi connectivity index (χ4n) is 3.87. The van der Waals surface area contributed by atoms with Gasteiger partial charge in [-0.3, -0.25) is 14.5 Å². The molecule has 4 rings (SSSR count). The van der Waals surface area contributed by atoms with Crippen molar-refractivity contribution in [2.24, 2.45) is 0 Å². The van der Waals surface area contributed by atoms with Gasteiger partial charge < -0.3 is 4.90 Å². The Hall–Kier alpha value is -2.92. The first-order valence-electron chi connectivity index (χ1n) is 9.90. The summed E-state index contributed by atoms with van der Waals surface area (Å²) in [5.74, 6) is -1.22. The van der Waals surface area contributed by atoms with Crippen LogP contribution in [-0.4, -0.2) is 67.1 Å². The van der Waals surface area contributed by atoms with E-state index >= 15 is 0 Å². The minimum atomic E-state index is -4.41. The summed E-state index contributed by atoms with van der Waals surface area (Å²) >= 11 is 0. The largest absolute Gasteiger partial charge is 0.416 e. The van der Waals surface area contributed by atoms with Crippen molar-refractivity contribution in [3.63, 3.8) is 0 Å². The third-order valence-corrected chi connectivity index (χ3v) is 7.36. The van der Waals surface area contributed by atoms with Gasteiger partial charge in [-0.05, 0) is 23.8 Å². The molecule has 0 aliphatic carbocycles. The first kappa shape index (κ1) is 22.3. The predicted octanol–water partition coefficient (Wildman–Crippen LogP) is 2.19. The SMILES string of the molecule is O=C(CN1C(=O)c2ccccc2S1(=O)=O)N1CCN(Cc2cccc(C(F)(F)F)c2)CC1. The number of fused-ring (bicyclic) bond motifs is 1. The van der Waals surface area contributed by atoms with Crippen LogP contribution in [0.15, 0.2) is 53.4 Å². The number of alkyl halides is 3. The van der Waals surface area contributed by atoms with Crippen LogP contribution in [0.2, 0.25) is 0 Å². The first-order valence-corrected chi connectivity index (χ1v) is 11.3. The van der Waals surface area contributed by atoms with E-state index in [0.29, 0.717) is 29.5 Å². The maximum atomic E-state index is 12.9. The summed E-state index contributed by atoms with van der Waals surface area (Å²) in [5, 5.41) is 0. The quantitative estimate of drug-likeness (QED) is 0.689. The molecule has 0 atom stereocenters. The average Bonchev–Trinajstić information content (AvgIpc) is 2.95. The number of benzene rings is 2. The van der Waals surface area contributed by atoms with E-state index in [4.69, 9.17) is 0 Å². The lowest BCUT2D eigenvalue weighted by molar-refractivity contribution is -0.137. The van der Waals surface area contributed by atoms with Crippen LogP contribution in [0, 0.1) is 0 Å². The zero-order valence-corrected chi connectivity index (χ0v) is 17.7. The molecule has 0 spiro atoms. The van der Waals surface area contributed by atoms with E-state index in [9.17, 15) is 31.2 Å². The molecule has 170 valence electrons. The van der Waals surface area contributed by atoms with Gasteiger partial charge in [0.05, 0.1) is 11.1 Å². The van der Waals surface area contributed by atoms with Gasteiger partial charge in [0, 0.05) is 32.7 Å². The molecule has 0 saturated carbocycles. The number of piperazine rings is 1. The zero-order valence-electron chi connectivity index (χ0n) is 16.9. The molecular formula is C21H20F3N3O4S. The second kappa shape index (κ2) is 8.21.